The third-order valence-electron chi connectivity index (χ3n) is 5.32. The van der Waals surface area contributed by atoms with Crippen LogP contribution in [-0.2, 0) is 0 Å². The molecule has 1 atom stereocenters. The van der Waals surface area contributed by atoms with Crippen LogP contribution >= 0.6 is 0 Å². The van der Waals surface area contributed by atoms with E-state index in [1.165, 1.54) is 5.56 Å². The summed E-state index contributed by atoms with van der Waals surface area (Å²) < 4.78 is 0. The Bertz CT molecular complexity index is 1200. The van der Waals surface area contributed by atoms with Crippen molar-refractivity contribution >= 4 is 16.7 Å². The van der Waals surface area contributed by atoms with Crippen LogP contribution in [0.5, 0.6) is 5.75 Å². The molecular weight excluding hydrogens is 358 g/mol. The number of nitrogens with one attached hydrogen (secondary N) is 2. The number of nitrogens with zero attached hydrogens (tertiary/aromatic N) is 1. The van der Waals surface area contributed by atoms with Gasteiger partial charge in [-0.25, -0.2) is 9.97 Å². The second-order valence-electron chi connectivity index (χ2n) is 7.74. The fourth-order valence-corrected chi connectivity index (χ4v) is 3.73. The van der Waals surface area contributed by atoms with Gasteiger partial charge in [0.2, 0.25) is 0 Å². The predicted molar refractivity (Wildman–Crippen MR) is 117 cm³/mol. The number of aromatic amines is 1. The van der Waals surface area contributed by atoms with Crippen LogP contribution in [0, 0.1) is 27.7 Å². The minimum Gasteiger partial charge on any atom is -0.505 e. The number of H-pyrrole nitrogens is 1. The summed E-state index contributed by atoms with van der Waals surface area (Å²) >= 11 is 0. The molecule has 0 amide bonds. The molecule has 0 aliphatic carbocycles. The first-order chi connectivity index (χ1) is 13.9. The van der Waals surface area contributed by atoms with Crippen LogP contribution in [0.1, 0.15) is 39.6 Å². The Hall–Kier alpha value is -3.40. The zero-order chi connectivity index (χ0) is 20.5. The summed E-state index contributed by atoms with van der Waals surface area (Å²) in [7, 11) is 0. The number of pyridine rings is 2. The van der Waals surface area contributed by atoms with Crippen molar-refractivity contribution in [1.82, 2.24) is 4.98 Å². The first kappa shape index (κ1) is 18.9. The molecule has 0 aliphatic rings. The molecule has 4 heteroatoms. The van der Waals surface area contributed by atoms with Crippen LogP contribution in [0.2, 0.25) is 0 Å². The Kier molecular flexibility index (Phi) is 4.93. The number of fused-ring (bicyclic) bond motifs is 1. The van der Waals surface area contributed by atoms with Crippen molar-refractivity contribution in [3.05, 3.63) is 94.3 Å². The number of phenols is 1. The van der Waals surface area contributed by atoms with E-state index in [1.807, 2.05) is 43.5 Å². The summed E-state index contributed by atoms with van der Waals surface area (Å²) in [4.78, 5) is 7.86. The quantitative estimate of drug-likeness (QED) is 0.509. The van der Waals surface area contributed by atoms with E-state index in [-0.39, 0.29) is 11.8 Å². The number of hydrogen-bond donors (Lipinski definition) is 2. The second-order valence-corrected chi connectivity index (χ2v) is 7.74. The summed E-state index contributed by atoms with van der Waals surface area (Å²) in [5.74, 6) is 1.12. The molecular formula is C25H26N3O+. The molecule has 2 aromatic carbocycles. The van der Waals surface area contributed by atoms with Crippen molar-refractivity contribution in [3.8, 4) is 5.75 Å². The van der Waals surface area contributed by atoms with Gasteiger partial charge in [-0.2, -0.15) is 0 Å². The Morgan fingerprint density at radius 1 is 0.862 bits per heavy atom. The SMILES string of the molecule is Cc1cc[nH+]c(N[C@@H](c2cc(C)ccc2C)c2ccc3ccc(C)nc3c2O)c1. The van der Waals surface area contributed by atoms with E-state index >= 15 is 0 Å². The Labute approximate surface area is 171 Å². The van der Waals surface area contributed by atoms with Crippen molar-refractivity contribution in [1.29, 1.82) is 0 Å². The summed E-state index contributed by atoms with van der Waals surface area (Å²) in [5.41, 5.74) is 6.95. The maximum atomic E-state index is 11.2. The van der Waals surface area contributed by atoms with Crippen molar-refractivity contribution in [2.75, 3.05) is 5.32 Å². The number of anilines is 1. The van der Waals surface area contributed by atoms with E-state index in [0.29, 0.717) is 5.52 Å². The molecule has 29 heavy (non-hydrogen) atoms. The van der Waals surface area contributed by atoms with Gasteiger partial charge < -0.3 is 5.11 Å². The number of rotatable bonds is 4. The Morgan fingerprint density at radius 2 is 1.62 bits per heavy atom. The standard InChI is InChI=1S/C25H25N3O/c1-15-5-6-17(3)21(13-15)24(28-22-14-16(2)11-12-26-22)20-10-9-19-8-7-18(4)27-23(19)25(20)29/h5-14,24,29H,1-4H3,(H,26,28)/p+1/t24-/m1/s1. The zero-order valence-electron chi connectivity index (χ0n) is 17.2. The van der Waals surface area contributed by atoms with Crippen molar-refractivity contribution in [2.45, 2.75) is 33.7 Å². The van der Waals surface area contributed by atoms with Crippen molar-refractivity contribution in [2.24, 2.45) is 0 Å². The highest BCUT2D eigenvalue weighted by Gasteiger charge is 2.26. The summed E-state index contributed by atoms with van der Waals surface area (Å²) in [5, 5.41) is 15.7. The Balaban J connectivity index is 1.91. The first-order valence-corrected chi connectivity index (χ1v) is 9.83. The van der Waals surface area contributed by atoms with E-state index in [4.69, 9.17) is 0 Å². The highest BCUT2D eigenvalue weighted by Crippen LogP contribution is 2.37. The molecule has 0 bridgehead atoms. The molecule has 2 heterocycles. The van der Waals surface area contributed by atoms with Crippen LogP contribution in [0.3, 0.4) is 0 Å². The van der Waals surface area contributed by atoms with Gasteiger partial charge in [0, 0.05) is 28.3 Å². The lowest BCUT2D eigenvalue weighted by atomic mass is 9.92. The van der Waals surface area contributed by atoms with E-state index in [9.17, 15) is 5.11 Å². The summed E-state index contributed by atoms with van der Waals surface area (Å²) in [6.07, 6.45) is 1.92. The van der Waals surface area contributed by atoms with Crippen LogP contribution in [0.4, 0.5) is 5.82 Å². The number of phenolic OH excluding ortho intramolecular Hbond substituents is 1. The lowest BCUT2D eigenvalue weighted by Crippen LogP contribution is -2.20. The van der Waals surface area contributed by atoms with Crippen molar-refractivity contribution < 1.29 is 10.1 Å². The molecule has 0 aliphatic heterocycles. The van der Waals surface area contributed by atoms with Gasteiger partial charge in [-0.1, -0.05) is 35.9 Å². The largest absolute Gasteiger partial charge is 0.505 e. The molecule has 0 saturated heterocycles. The van der Waals surface area contributed by atoms with Crippen LogP contribution in [-0.4, -0.2) is 10.1 Å². The average molecular weight is 385 g/mol. The minimum absolute atomic E-state index is 0.220. The summed E-state index contributed by atoms with van der Waals surface area (Å²) in [6.45, 7) is 8.19. The molecule has 3 N–H and O–H groups in total. The topological polar surface area (TPSA) is 59.3 Å². The van der Waals surface area contributed by atoms with E-state index < -0.39 is 0 Å². The smallest absolute Gasteiger partial charge is 0.273 e. The predicted octanol–water partition coefficient (Wildman–Crippen LogP) is 5.19. The number of benzene rings is 2. The molecule has 4 aromatic rings. The zero-order valence-corrected chi connectivity index (χ0v) is 17.2. The lowest BCUT2D eigenvalue weighted by Gasteiger charge is -2.20. The maximum Gasteiger partial charge on any atom is 0.273 e. The fraction of sp³-hybridized carbons (Fsp3) is 0.200. The minimum atomic E-state index is -0.223. The third kappa shape index (κ3) is 3.79. The van der Waals surface area contributed by atoms with E-state index in [1.54, 1.807) is 0 Å². The van der Waals surface area contributed by atoms with Gasteiger partial charge >= 0.3 is 0 Å². The molecule has 0 radical (unpaired) electrons. The molecule has 4 nitrogen and oxygen atoms in total. The van der Waals surface area contributed by atoms with Crippen molar-refractivity contribution in [3.63, 3.8) is 0 Å². The van der Waals surface area contributed by atoms with Gasteiger partial charge in [0.1, 0.15) is 17.3 Å². The lowest BCUT2D eigenvalue weighted by molar-refractivity contribution is -0.361. The van der Waals surface area contributed by atoms with Crippen LogP contribution in [0.25, 0.3) is 10.9 Å². The molecule has 4 rings (SSSR count). The van der Waals surface area contributed by atoms with E-state index in [2.05, 4.69) is 60.3 Å². The first-order valence-electron chi connectivity index (χ1n) is 9.83. The van der Waals surface area contributed by atoms with Crippen LogP contribution < -0.4 is 10.3 Å². The number of aromatic nitrogens is 2. The normalized spacial score (nSPS) is 12.1. The van der Waals surface area contributed by atoms with Crippen LogP contribution in [0.15, 0.2) is 60.8 Å². The molecule has 0 saturated carbocycles. The van der Waals surface area contributed by atoms with E-state index in [0.717, 1.165) is 39.2 Å². The summed E-state index contributed by atoms with van der Waals surface area (Å²) in [6, 6.07) is 18.3. The van der Waals surface area contributed by atoms with Gasteiger partial charge in [-0.3, -0.25) is 5.32 Å². The van der Waals surface area contributed by atoms with Gasteiger partial charge in [0.25, 0.3) is 5.82 Å². The molecule has 0 spiro atoms. The molecule has 146 valence electrons. The number of aromatic hydroxyl groups is 1. The monoisotopic (exact) mass is 384 g/mol. The maximum absolute atomic E-state index is 11.2. The number of hydrogen-bond acceptors (Lipinski definition) is 3. The molecule has 0 unspecified atom stereocenters. The Morgan fingerprint density at radius 3 is 2.41 bits per heavy atom. The highest BCUT2D eigenvalue weighted by molar-refractivity contribution is 5.86. The van der Waals surface area contributed by atoms with Gasteiger partial charge in [0.15, 0.2) is 0 Å². The van der Waals surface area contributed by atoms with Gasteiger partial charge in [-0.05, 0) is 57.0 Å². The van der Waals surface area contributed by atoms with Gasteiger partial charge in [-0.15, -0.1) is 0 Å². The number of aryl methyl sites for hydroxylation is 4. The third-order valence-corrected chi connectivity index (χ3v) is 5.32. The molecule has 2 aromatic heterocycles. The molecule has 0 fully saturated rings. The second kappa shape index (κ2) is 7.55. The van der Waals surface area contributed by atoms with Gasteiger partial charge in [0.05, 0.1) is 6.20 Å². The average Bonchev–Trinajstić information content (AvgIpc) is 2.69. The highest BCUT2D eigenvalue weighted by atomic mass is 16.3. The fourth-order valence-electron chi connectivity index (χ4n) is 3.73.